The quantitative estimate of drug-likeness (QED) is 0.471. The molecule has 10 heteroatoms. The first-order chi connectivity index (χ1) is 11.0. The number of non-ortho nitro benzene ring substituents is 1. The van der Waals surface area contributed by atoms with Crippen molar-refractivity contribution in [1.29, 1.82) is 0 Å². The molecule has 2 rings (SSSR count). The van der Waals surface area contributed by atoms with Gasteiger partial charge in [0.05, 0.1) is 10.5 Å². The summed E-state index contributed by atoms with van der Waals surface area (Å²) in [5, 5.41) is 10.5. The van der Waals surface area contributed by atoms with Gasteiger partial charge in [0.25, 0.3) is 5.69 Å². The van der Waals surface area contributed by atoms with Crippen LogP contribution in [0.15, 0.2) is 47.4 Å². The first-order valence-corrected chi connectivity index (χ1v) is 7.78. The number of halogens is 3. The van der Waals surface area contributed by atoms with E-state index >= 15 is 0 Å². The third-order valence-electron chi connectivity index (χ3n) is 3.06. The molecule has 2 aromatic rings. The summed E-state index contributed by atoms with van der Waals surface area (Å²) < 4.78 is 67.5. The number of alkyl halides is 3. The molecule has 0 bridgehead atoms. The SMILES string of the molecule is Cc1ccc(S(=O)(=O)Oc2ccc([N+](=O)[O-])cc2)cc1C(F)(F)F. The number of aryl methyl sites for hydroxylation is 1. The minimum Gasteiger partial charge on any atom is -0.379 e. The Hall–Kier alpha value is -2.62. The van der Waals surface area contributed by atoms with Gasteiger partial charge in [-0.3, -0.25) is 10.1 Å². The molecular formula is C14H10F3NO5S. The van der Waals surface area contributed by atoms with E-state index in [1.807, 2.05) is 0 Å². The second-order valence-corrected chi connectivity index (χ2v) is 6.31. The van der Waals surface area contributed by atoms with Crippen LogP contribution in [0.1, 0.15) is 11.1 Å². The molecule has 0 unspecified atom stereocenters. The van der Waals surface area contributed by atoms with Crippen LogP contribution in [0.3, 0.4) is 0 Å². The predicted molar refractivity (Wildman–Crippen MR) is 77.1 cm³/mol. The van der Waals surface area contributed by atoms with Gasteiger partial charge in [-0.2, -0.15) is 21.6 Å². The van der Waals surface area contributed by atoms with Crippen molar-refractivity contribution in [3.05, 3.63) is 63.7 Å². The van der Waals surface area contributed by atoms with Gasteiger partial charge in [0.15, 0.2) is 0 Å². The van der Waals surface area contributed by atoms with Gasteiger partial charge in [-0.1, -0.05) is 6.07 Å². The van der Waals surface area contributed by atoms with Crippen molar-refractivity contribution in [2.24, 2.45) is 0 Å². The Morgan fingerprint density at radius 2 is 1.67 bits per heavy atom. The highest BCUT2D eigenvalue weighted by Crippen LogP contribution is 2.33. The highest BCUT2D eigenvalue weighted by Gasteiger charge is 2.34. The number of hydrogen-bond donors (Lipinski definition) is 0. The zero-order chi connectivity index (χ0) is 18.1. The molecule has 0 amide bonds. The van der Waals surface area contributed by atoms with E-state index in [0.29, 0.717) is 6.07 Å². The summed E-state index contributed by atoms with van der Waals surface area (Å²) >= 11 is 0. The fraction of sp³-hybridized carbons (Fsp3) is 0.143. The third kappa shape index (κ3) is 3.82. The molecule has 0 saturated carbocycles. The molecule has 0 spiro atoms. The van der Waals surface area contributed by atoms with E-state index in [9.17, 15) is 31.7 Å². The number of nitro benzene ring substituents is 1. The maximum Gasteiger partial charge on any atom is 0.416 e. The molecule has 2 aromatic carbocycles. The third-order valence-corrected chi connectivity index (χ3v) is 4.30. The van der Waals surface area contributed by atoms with E-state index in [1.54, 1.807) is 0 Å². The molecule has 0 saturated heterocycles. The van der Waals surface area contributed by atoms with Crippen molar-refractivity contribution in [1.82, 2.24) is 0 Å². The van der Waals surface area contributed by atoms with Gasteiger partial charge in [-0.25, -0.2) is 0 Å². The van der Waals surface area contributed by atoms with E-state index in [1.165, 1.54) is 6.92 Å². The minimum atomic E-state index is -4.71. The monoisotopic (exact) mass is 361 g/mol. The lowest BCUT2D eigenvalue weighted by Gasteiger charge is -2.12. The average Bonchev–Trinajstić information content (AvgIpc) is 2.46. The van der Waals surface area contributed by atoms with Crippen LogP contribution in [0.5, 0.6) is 5.75 Å². The van der Waals surface area contributed by atoms with Crippen LogP contribution in [-0.4, -0.2) is 13.3 Å². The highest BCUT2D eigenvalue weighted by molar-refractivity contribution is 7.87. The fourth-order valence-electron chi connectivity index (χ4n) is 1.86. The minimum absolute atomic E-state index is 0.128. The van der Waals surface area contributed by atoms with E-state index < -0.39 is 31.7 Å². The summed E-state index contributed by atoms with van der Waals surface area (Å²) in [4.78, 5) is 9.17. The number of hydrogen-bond acceptors (Lipinski definition) is 5. The summed E-state index contributed by atoms with van der Waals surface area (Å²) in [6.45, 7) is 1.20. The standard InChI is InChI=1S/C14H10F3NO5S/c1-9-2-7-12(8-13(9)14(15,16)17)24(21,22)23-11-5-3-10(4-6-11)18(19)20/h2-8H,1H3. The average molecular weight is 361 g/mol. The van der Waals surface area contributed by atoms with Crippen LogP contribution < -0.4 is 4.18 Å². The number of nitro groups is 1. The smallest absolute Gasteiger partial charge is 0.379 e. The van der Waals surface area contributed by atoms with E-state index in [0.717, 1.165) is 36.4 Å². The molecule has 128 valence electrons. The van der Waals surface area contributed by atoms with Gasteiger partial charge in [-0.15, -0.1) is 0 Å². The molecular weight excluding hydrogens is 351 g/mol. The predicted octanol–water partition coefficient (Wildman–Crippen LogP) is 3.69. The van der Waals surface area contributed by atoms with Crippen LogP contribution >= 0.6 is 0 Å². The van der Waals surface area contributed by atoms with Crippen molar-refractivity contribution < 1.29 is 30.7 Å². The summed E-state index contributed by atoms with van der Waals surface area (Å²) in [7, 11) is -4.52. The number of rotatable bonds is 4. The molecule has 6 nitrogen and oxygen atoms in total. The molecule has 0 fully saturated rings. The summed E-state index contributed by atoms with van der Waals surface area (Å²) in [5.74, 6) is -0.255. The zero-order valence-electron chi connectivity index (χ0n) is 12.1. The van der Waals surface area contributed by atoms with Crippen molar-refractivity contribution in [3.63, 3.8) is 0 Å². The largest absolute Gasteiger partial charge is 0.416 e. The maximum atomic E-state index is 12.9. The lowest BCUT2D eigenvalue weighted by molar-refractivity contribution is -0.384. The Kier molecular flexibility index (Phi) is 4.52. The lowest BCUT2D eigenvalue weighted by atomic mass is 10.1. The molecule has 0 aliphatic rings. The Balaban J connectivity index is 2.35. The number of benzene rings is 2. The van der Waals surface area contributed by atoms with Gasteiger partial charge in [0.2, 0.25) is 0 Å². The molecule has 0 radical (unpaired) electrons. The molecule has 0 aliphatic carbocycles. The van der Waals surface area contributed by atoms with E-state index in [-0.39, 0.29) is 17.0 Å². The second-order valence-electron chi connectivity index (χ2n) is 4.76. The van der Waals surface area contributed by atoms with Crippen molar-refractivity contribution in [2.75, 3.05) is 0 Å². The highest BCUT2D eigenvalue weighted by atomic mass is 32.2. The zero-order valence-corrected chi connectivity index (χ0v) is 12.9. The van der Waals surface area contributed by atoms with Crippen LogP contribution in [0.4, 0.5) is 18.9 Å². The summed E-state index contributed by atoms with van der Waals surface area (Å²) in [6.07, 6.45) is -4.71. The van der Waals surface area contributed by atoms with Gasteiger partial charge in [0.1, 0.15) is 10.6 Å². The first kappa shape index (κ1) is 17.7. The second kappa shape index (κ2) is 6.11. The van der Waals surface area contributed by atoms with Crippen molar-refractivity contribution in [2.45, 2.75) is 18.0 Å². The van der Waals surface area contributed by atoms with Crippen molar-refractivity contribution >= 4 is 15.8 Å². The van der Waals surface area contributed by atoms with Gasteiger partial charge < -0.3 is 4.18 Å². The fourth-order valence-corrected chi connectivity index (χ4v) is 2.82. The Labute approximate surface area is 134 Å². The van der Waals surface area contributed by atoms with Crippen LogP contribution in [0.2, 0.25) is 0 Å². The summed E-state index contributed by atoms with van der Waals surface area (Å²) in [5.41, 5.74) is -1.50. The van der Waals surface area contributed by atoms with Crippen LogP contribution in [0, 0.1) is 17.0 Å². The molecule has 0 aromatic heterocycles. The normalized spacial score (nSPS) is 12.0. The van der Waals surface area contributed by atoms with E-state index in [2.05, 4.69) is 0 Å². The Bertz CT molecular complexity index is 876. The molecule has 0 atom stereocenters. The Morgan fingerprint density at radius 3 is 2.17 bits per heavy atom. The van der Waals surface area contributed by atoms with Crippen LogP contribution in [-0.2, 0) is 16.3 Å². The van der Waals surface area contributed by atoms with Gasteiger partial charge >= 0.3 is 16.3 Å². The van der Waals surface area contributed by atoms with Gasteiger partial charge in [-0.05, 0) is 36.8 Å². The van der Waals surface area contributed by atoms with E-state index in [4.69, 9.17) is 4.18 Å². The molecule has 0 aliphatic heterocycles. The topological polar surface area (TPSA) is 86.5 Å². The number of nitrogens with zero attached hydrogens (tertiary/aromatic N) is 1. The molecule has 24 heavy (non-hydrogen) atoms. The Morgan fingerprint density at radius 1 is 1.08 bits per heavy atom. The van der Waals surface area contributed by atoms with Crippen molar-refractivity contribution in [3.8, 4) is 5.75 Å². The van der Waals surface area contributed by atoms with Crippen LogP contribution in [0.25, 0.3) is 0 Å². The lowest BCUT2D eigenvalue weighted by Crippen LogP contribution is -2.13. The van der Waals surface area contributed by atoms with Gasteiger partial charge in [0, 0.05) is 12.1 Å². The maximum absolute atomic E-state index is 12.9. The summed E-state index contributed by atoms with van der Waals surface area (Å²) in [6, 6.07) is 6.60. The molecule has 0 heterocycles. The first-order valence-electron chi connectivity index (χ1n) is 6.37. The molecule has 0 N–H and O–H groups in total.